The molecule has 29 heavy (non-hydrogen) atoms. The number of rotatable bonds is 3. The minimum atomic E-state index is -0.112. The number of anilines is 1. The molecule has 2 heterocycles. The molecule has 2 aromatic rings. The Labute approximate surface area is 204 Å². The average Bonchev–Trinajstić information content (AvgIpc) is 2.85. The number of nitrogens with zero attached hydrogens (tertiary/aromatic N) is 4. The van der Waals surface area contributed by atoms with Gasteiger partial charge in [0.2, 0.25) is 0 Å². The minimum absolute atomic E-state index is 0. The zero-order valence-electron chi connectivity index (χ0n) is 20.7. The summed E-state index contributed by atoms with van der Waals surface area (Å²) < 4.78 is 1.99. The van der Waals surface area contributed by atoms with Gasteiger partial charge in [-0.1, -0.05) is 68.4 Å². The molecule has 0 aromatic carbocycles. The van der Waals surface area contributed by atoms with E-state index in [2.05, 4.69) is 105 Å². The van der Waals surface area contributed by atoms with Crippen molar-refractivity contribution in [1.82, 2.24) is 14.6 Å². The van der Waals surface area contributed by atoms with Crippen molar-refractivity contribution in [3.63, 3.8) is 0 Å². The van der Waals surface area contributed by atoms with Crippen LogP contribution in [0.2, 0.25) is 0 Å². The fraction of sp³-hybridized carbons (Fsp3) is 0.708. The van der Waals surface area contributed by atoms with Crippen molar-refractivity contribution in [2.45, 2.75) is 100 Å². The van der Waals surface area contributed by atoms with E-state index in [0.29, 0.717) is 0 Å². The van der Waals surface area contributed by atoms with Crippen molar-refractivity contribution in [2.24, 2.45) is 10.8 Å². The summed E-state index contributed by atoms with van der Waals surface area (Å²) in [7, 11) is 0. The molecule has 0 amide bonds. The third-order valence-corrected chi connectivity index (χ3v) is 4.83. The molecular weight excluding hydrogens is 433 g/mol. The van der Waals surface area contributed by atoms with E-state index in [-0.39, 0.29) is 60.5 Å². The average molecular weight is 474 g/mol. The Balaban J connectivity index is 0.00000420. The first kappa shape index (κ1) is 26.6. The van der Waals surface area contributed by atoms with Gasteiger partial charge in [-0.25, -0.2) is 6.07 Å². The number of hydrogen-bond acceptors (Lipinski definition) is 3. The van der Waals surface area contributed by atoms with Crippen LogP contribution in [0.1, 0.15) is 88.8 Å². The molecule has 4 nitrogen and oxygen atoms in total. The van der Waals surface area contributed by atoms with Gasteiger partial charge in [0.05, 0.1) is 5.82 Å². The van der Waals surface area contributed by atoms with Gasteiger partial charge in [0.1, 0.15) is 0 Å². The van der Waals surface area contributed by atoms with Crippen LogP contribution in [0.3, 0.4) is 0 Å². The predicted octanol–water partition coefficient (Wildman–Crippen LogP) is 6.09. The van der Waals surface area contributed by atoms with Crippen LogP contribution in [0.4, 0.5) is 5.82 Å². The molecule has 0 aliphatic rings. The maximum atomic E-state index is 5.04. The van der Waals surface area contributed by atoms with Crippen LogP contribution < -0.4 is 4.90 Å². The summed E-state index contributed by atoms with van der Waals surface area (Å²) >= 11 is 0. The summed E-state index contributed by atoms with van der Waals surface area (Å²) in [4.78, 5) is 6.96. The van der Waals surface area contributed by atoms with Gasteiger partial charge in [-0.05, 0) is 26.2 Å². The number of fused-ring (bicyclic) bond motifs is 1. The van der Waals surface area contributed by atoms with Crippen LogP contribution in [-0.4, -0.2) is 26.2 Å². The first-order chi connectivity index (χ1) is 12.4. The van der Waals surface area contributed by atoms with Gasteiger partial charge in [0.15, 0.2) is 0 Å². The van der Waals surface area contributed by atoms with Gasteiger partial charge in [-0.3, -0.25) is 4.52 Å². The monoisotopic (exact) mass is 473 g/mol. The molecule has 0 aliphatic heterocycles. The zero-order valence-corrected chi connectivity index (χ0v) is 23.5. The molecule has 0 aliphatic carbocycles. The van der Waals surface area contributed by atoms with Crippen molar-refractivity contribution in [3.05, 3.63) is 30.4 Å². The third kappa shape index (κ3) is 6.50. The van der Waals surface area contributed by atoms with E-state index in [1.54, 1.807) is 0 Å². The largest absolute Gasteiger partial charge is 0.392 e. The van der Waals surface area contributed by atoms with Crippen LogP contribution in [0.25, 0.3) is 5.65 Å². The quantitative estimate of drug-likeness (QED) is 0.506. The van der Waals surface area contributed by atoms with Crippen LogP contribution in [0, 0.1) is 23.3 Å². The van der Waals surface area contributed by atoms with E-state index < -0.39 is 0 Å². The maximum absolute atomic E-state index is 5.04. The van der Waals surface area contributed by atoms with E-state index >= 15 is 0 Å². The van der Waals surface area contributed by atoms with Gasteiger partial charge in [-0.2, -0.15) is 16.6 Å². The Hall–Kier alpha value is -0.476. The van der Waals surface area contributed by atoms with Crippen molar-refractivity contribution < 1.29 is 32.7 Å². The normalized spacial score (nSPS) is 14.6. The zero-order chi connectivity index (χ0) is 21.7. The molecule has 0 bridgehead atoms. The Morgan fingerprint density at radius 3 is 1.93 bits per heavy atom. The van der Waals surface area contributed by atoms with E-state index in [1.165, 1.54) is 0 Å². The first-order valence-electron chi connectivity index (χ1n) is 10.3. The van der Waals surface area contributed by atoms with Gasteiger partial charge >= 0.3 is 0 Å². The third-order valence-electron chi connectivity index (χ3n) is 4.83. The summed E-state index contributed by atoms with van der Waals surface area (Å²) in [5.74, 6) is 0.865. The summed E-state index contributed by atoms with van der Waals surface area (Å²) in [6.45, 7) is 27.0. The van der Waals surface area contributed by atoms with E-state index in [1.807, 2.05) is 16.8 Å². The molecule has 1 atom stereocenters. The van der Waals surface area contributed by atoms with Crippen LogP contribution in [-0.2, 0) is 38.1 Å². The standard InChI is InChI=1S/C24H40N4.Y/c1-21(2,3)15-17(22(4,5)6)27(24(10,11)12)20-14-13-19-25-16-18(23(7,8)9)28(19)26-20;/h13,15-17H,1-12H3;/q-2;. The molecule has 0 spiro atoms. The molecule has 1 unspecified atom stereocenters. The summed E-state index contributed by atoms with van der Waals surface area (Å²) in [6.07, 6.45) is 4.39. The Morgan fingerprint density at radius 1 is 0.966 bits per heavy atom. The van der Waals surface area contributed by atoms with Gasteiger partial charge in [-0.15, -0.1) is 0 Å². The maximum Gasteiger partial charge on any atom is 0.0536 e. The topological polar surface area (TPSA) is 33.4 Å². The molecular formula is C24H40N4Y-2. The predicted molar refractivity (Wildman–Crippen MR) is 120 cm³/mol. The smallest absolute Gasteiger partial charge is 0.0536 e. The molecule has 2 aromatic heterocycles. The molecule has 2 rings (SSSR count). The Bertz CT molecular complexity index is 810. The van der Waals surface area contributed by atoms with Crippen molar-refractivity contribution >= 4 is 11.5 Å². The van der Waals surface area contributed by atoms with Crippen molar-refractivity contribution in [1.29, 1.82) is 0 Å². The molecule has 0 saturated heterocycles. The molecule has 161 valence electrons. The van der Waals surface area contributed by atoms with Crippen LogP contribution >= 0.6 is 0 Å². The van der Waals surface area contributed by atoms with Crippen molar-refractivity contribution in [3.8, 4) is 0 Å². The second kappa shape index (κ2) is 8.57. The van der Waals surface area contributed by atoms with Gasteiger partial charge in [0.25, 0.3) is 0 Å². The Morgan fingerprint density at radius 2 is 1.52 bits per heavy atom. The molecule has 0 saturated carbocycles. The summed E-state index contributed by atoms with van der Waals surface area (Å²) in [5.41, 5.74) is 1.95. The number of hydrogen-bond donors (Lipinski definition) is 0. The minimum Gasteiger partial charge on any atom is -0.392 e. The van der Waals surface area contributed by atoms with E-state index in [4.69, 9.17) is 5.10 Å². The second-order valence-electron chi connectivity index (χ2n) is 12.2. The molecule has 1 radical (unpaired) electrons. The fourth-order valence-corrected chi connectivity index (χ4v) is 3.50. The van der Waals surface area contributed by atoms with Crippen LogP contribution in [0.15, 0.2) is 12.3 Å². The molecule has 0 N–H and O–H groups in total. The first-order valence-corrected chi connectivity index (χ1v) is 10.3. The van der Waals surface area contributed by atoms with Gasteiger partial charge in [0, 0.05) is 61.2 Å². The number of imidazole rings is 1. The second-order valence-corrected chi connectivity index (χ2v) is 12.2. The number of aromatic nitrogens is 3. The van der Waals surface area contributed by atoms with Gasteiger partial charge < -0.3 is 16.3 Å². The van der Waals surface area contributed by atoms with Crippen LogP contribution in [0.5, 0.6) is 0 Å². The molecule has 0 fully saturated rings. The fourth-order valence-electron chi connectivity index (χ4n) is 3.50. The molecule has 5 heteroatoms. The van der Waals surface area contributed by atoms with E-state index in [9.17, 15) is 0 Å². The summed E-state index contributed by atoms with van der Waals surface area (Å²) in [6, 6.07) is 5.60. The Kier molecular flexibility index (Phi) is 7.85. The van der Waals surface area contributed by atoms with E-state index in [0.717, 1.165) is 17.2 Å². The van der Waals surface area contributed by atoms with Crippen molar-refractivity contribution in [2.75, 3.05) is 4.90 Å². The SMILES string of the molecule is CC(C)(C)[CH-]C(N(c1[c-]cc2ncc(C(C)(C)C)n2n1)C(C)(C)C)C(C)(C)C.[Y]. The summed E-state index contributed by atoms with van der Waals surface area (Å²) in [5, 5.41) is 5.04.